The van der Waals surface area contributed by atoms with E-state index < -0.39 is 0 Å². The molecule has 2 heteroatoms. The van der Waals surface area contributed by atoms with E-state index in [2.05, 4.69) is 39.0 Å². The van der Waals surface area contributed by atoms with E-state index in [1.165, 1.54) is 18.4 Å². The van der Waals surface area contributed by atoms with Crippen LogP contribution in [-0.4, -0.2) is 5.60 Å². The zero-order chi connectivity index (χ0) is 15.8. The molecule has 2 aliphatic rings. The number of halogens is 1. The predicted octanol–water partition coefficient (Wildman–Crippen LogP) is 6.16. The Morgan fingerprint density at radius 3 is 2.45 bits per heavy atom. The quantitative estimate of drug-likeness (QED) is 0.635. The standard InChI is InChI=1S/C20H23ClO/c1-19(2)13-4-14-20(3)18(19)12-11-17(22-20)10-7-15-5-8-16(21)9-6-15/h5-12H,4,13-14H2,1-3H3/b10-7+. The van der Waals surface area contributed by atoms with Crippen molar-refractivity contribution in [1.82, 2.24) is 0 Å². The highest BCUT2D eigenvalue weighted by atomic mass is 35.5. The number of ether oxygens (including phenoxy) is 1. The molecule has 1 aromatic carbocycles. The Balaban J connectivity index is 1.83. The minimum absolute atomic E-state index is 0.157. The highest BCUT2D eigenvalue weighted by molar-refractivity contribution is 6.30. The summed E-state index contributed by atoms with van der Waals surface area (Å²) in [5.41, 5.74) is 2.62. The van der Waals surface area contributed by atoms with Gasteiger partial charge in [0.15, 0.2) is 0 Å². The van der Waals surface area contributed by atoms with Gasteiger partial charge in [-0.3, -0.25) is 0 Å². The van der Waals surface area contributed by atoms with Crippen LogP contribution in [-0.2, 0) is 4.74 Å². The van der Waals surface area contributed by atoms with Gasteiger partial charge in [0, 0.05) is 5.02 Å². The highest BCUT2D eigenvalue weighted by Crippen LogP contribution is 2.49. The van der Waals surface area contributed by atoms with E-state index >= 15 is 0 Å². The zero-order valence-corrected chi connectivity index (χ0v) is 14.3. The summed E-state index contributed by atoms with van der Waals surface area (Å²) >= 11 is 5.91. The molecule has 22 heavy (non-hydrogen) atoms. The van der Waals surface area contributed by atoms with E-state index in [1.807, 2.05) is 30.3 Å². The second-order valence-electron chi connectivity index (χ2n) is 7.10. The molecule has 0 saturated heterocycles. The molecule has 1 heterocycles. The average molecular weight is 315 g/mol. The first-order valence-electron chi connectivity index (χ1n) is 7.95. The van der Waals surface area contributed by atoms with Crippen molar-refractivity contribution >= 4 is 17.7 Å². The maximum atomic E-state index is 6.34. The lowest BCUT2D eigenvalue weighted by atomic mass is 9.65. The van der Waals surface area contributed by atoms with Crippen LogP contribution in [0.1, 0.15) is 45.6 Å². The number of rotatable bonds is 2. The third kappa shape index (κ3) is 3.01. The molecule has 1 atom stereocenters. The van der Waals surface area contributed by atoms with Gasteiger partial charge in [-0.2, -0.15) is 0 Å². The zero-order valence-electron chi connectivity index (χ0n) is 13.5. The van der Waals surface area contributed by atoms with Gasteiger partial charge >= 0.3 is 0 Å². The summed E-state index contributed by atoms with van der Waals surface area (Å²) in [6, 6.07) is 7.82. The lowest BCUT2D eigenvalue weighted by molar-refractivity contribution is 0.00705. The molecule has 0 aromatic heterocycles. The van der Waals surface area contributed by atoms with E-state index in [9.17, 15) is 0 Å². The normalized spacial score (nSPS) is 26.9. The summed E-state index contributed by atoms with van der Waals surface area (Å²) in [6.45, 7) is 6.87. The molecule has 1 aliphatic carbocycles. The molecule has 1 nitrogen and oxygen atoms in total. The molecular weight excluding hydrogens is 292 g/mol. The van der Waals surface area contributed by atoms with Crippen molar-refractivity contribution in [2.75, 3.05) is 0 Å². The lowest BCUT2D eigenvalue weighted by Gasteiger charge is -2.47. The number of allylic oxidation sites excluding steroid dienone is 3. The molecule has 1 aromatic rings. The van der Waals surface area contributed by atoms with E-state index in [-0.39, 0.29) is 11.0 Å². The van der Waals surface area contributed by atoms with Crippen molar-refractivity contribution in [3.05, 3.63) is 64.4 Å². The van der Waals surface area contributed by atoms with Crippen LogP contribution >= 0.6 is 11.6 Å². The van der Waals surface area contributed by atoms with Crippen LogP contribution in [0, 0.1) is 5.41 Å². The SMILES string of the molecule is CC1(C)CCCC2(C)OC(/C=C/c3ccc(Cl)cc3)=CC=C12. The molecule has 0 amide bonds. The third-order valence-electron chi connectivity index (χ3n) is 4.82. The highest BCUT2D eigenvalue weighted by Gasteiger charge is 2.44. The van der Waals surface area contributed by atoms with Gasteiger partial charge in [-0.05, 0) is 67.0 Å². The number of benzene rings is 1. The Labute approximate surface area is 138 Å². The first-order valence-corrected chi connectivity index (χ1v) is 8.33. The van der Waals surface area contributed by atoms with Crippen LogP contribution in [0.5, 0.6) is 0 Å². The summed E-state index contributed by atoms with van der Waals surface area (Å²) in [5, 5.41) is 0.759. The van der Waals surface area contributed by atoms with Gasteiger partial charge in [-0.1, -0.05) is 49.7 Å². The van der Waals surface area contributed by atoms with Gasteiger partial charge < -0.3 is 4.74 Å². The smallest absolute Gasteiger partial charge is 0.128 e. The first kappa shape index (κ1) is 15.4. The Morgan fingerprint density at radius 1 is 1.00 bits per heavy atom. The molecule has 1 saturated carbocycles. The second kappa shape index (κ2) is 5.62. The molecule has 1 fully saturated rings. The van der Waals surface area contributed by atoms with Crippen molar-refractivity contribution in [2.45, 2.75) is 45.6 Å². The largest absolute Gasteiger partial charge is 0.483 e. The fraction of sp³-hybridized carbons (Fsp3) is 0.400. The fourth-order valence-electron chi connectivity index (χ4n) is 3.66. The van der Waals surface area contributed by atoms with Crippen LogP contribution in [0.25, 0.3) is 6.08 Å². The Kier molecular flexibility index (Phi) is 3.94. The summed E-state index contributed by atoms with van der Waals surface area (Å²) in [6.07, 6.45) is 12.0. The molecule has 116 valence electrons. The summed E-state index contributed by atoms with van der Waals surface area (Å²) in [5.74, 6) is 0.930. The Bertz CT molecular complexity index is 649. The molecule has 3 rings (SSSR count). The molecule has 0 bridgehead atoms. The van der Waals surface area contributed by atoms with Gasteiger partial charge in [0.1, 0.15) is 11.4 Å². The van der Waals surface area contributed by atoms with Crippen molar-refractivity contribution in [2.24, 2.45) is 5.41 Å². The monoisotopic (exact) mass is 314 g/mol. The Hall–Kier alpha value is -1.47. The Morgan fingerprint density at radius 2 is 1.73 bits per heavy atom. The second-order valence-corrected chi connectivity index (χ2v) is 7.54. The fourth-order valence-corrected chi connectivity index (χ4v) is 3.79. The molecular formula is C20H23ClO. The van der Waals surface area contributed by atoms with E-state index in [1.54, 1.807) is 0 Å². The summed E-state index contributed by atoms with van der Waals surface area (Å²) in [4.78, 5) is 0. The topological polar surface area (TPSA) is 9.23 Å². The first-order chi connectivity index (χ1) is 10.4. The molecule has 0 radical (unpaired) electrons. The minimum Gasteiger partial charge on any atom is -0.483 e. The number of hydrogen-bond acceptors (Lipinski definition) is 1. The minimum atomic E-state index is -0.157. The summed E-state index contributed by atoms with van der Waals surface area (Å²) in [7, 11) is 0. The predicted molar refractivity (Wildman–Crippen MR) is 93.8 cm³/mol. The van der Waals surface area contributed by atoms with Crippen molar-refractivity contribution in [3.63, 3.8) is 0 Å². The maximum Gasteiger partial charge on any atom is 0.128 e. The van der Waals surface area contributed by atoms with Crippen LogP contribution < -0.4 is 0 Å². The van der Waals surface area contributed by atoms with E-state index in [0.717, 1.165) is 22.8 Å². The van der Waals surface area contributed by atoms with Crippen LogP contribution in [0.4, 0.5) is 0 Å². The van der Waals surface area contributed by atoms with Gasteiger partial charge in [-0.15, -0.1) is 0 Å². The average Bonchev–Trinajstić information content (AvgIpc) is 2.45. The van der Waals surface area contributed by atoms with Crippen LogP contribution in [0.3, 0.4) is 0 Å². The van der Waals surface area contributed by atoms with Gasteiger partial charge in [0.05, 0.1) is 0 Å². The van der Waals surface area contributed by atoms with E-state index in [4.69, 9.17) is 16.3 Å². The van der Waals surface area contributed by atoms with Gasteiger partial charge in [0.25, 0.3) is 0 Å². The maximum absolute atomic E-state index is 6.34. The molecule has 1 aliphatic heterocycles. The van der Waals surface area contributed by atoms with Crippen molar-refractivity contribution < 1.29 is 4.74 Å². The third-order valence-corrected chi connectivity index (χ3v) is 5.07. The van der Waals surface area contributed by atoms with E-state index in [0.29, 0.717) is 0 Å². The molecule has 0 N–H and O–H groups in total. The molecule has 0 spiro atoms. The van der Waals surface area contributed by atoms with Crippen molar-refractivity contribution in [1.29, 1.82) is 0 Å². The van der Waals surface area contributed by atoms with Crippen molar-refractivity contribution in [3.8, 4) is 0 Å². The molecule has 1 unspecified atom stereocenters. The van der Waals surface area contributed by atoms with Crippen LogP contribution in [0.15, 0.2) is 53.8 Å². The van der Waals surface area contributed by atoms with Crippen LogP contribution in [0.2, 0.25) is 5.02 Å². The van der Waals surface area contributed by atoms with Gasteiger partial charge in [0.2, 0.25) is 0 Å². The number of fused-ring (bicyclic) bond motifs is 1. The lowest BCUT2D eigenvalue weighted by Crippen LogP contribution is -2.42. The van der Waals surface area contributed by atoms with Gasteiger partial charge in [-0.25, -0.2) is 0 Å². The summed E-state index contributed by atoms with van der Waals surface area (Å²) < 4.78 is 6.34. The number of hydrogen-bond donors (Lipinski definition) is 0.